The highest BCUT2D eigenvalue weighted by Gasteiger charge is 2.08. The molecule has 0 aliphatic heterocycles. The first-order valence-electron chi connectivity index (χ1n) is 7.76. The van der Waals surface area contributed by atoms with Gasteiger partial charge in [-0.2, -0.15) is 0 Å². The topological polar surface area (TPSA) is 54.3 Å². The maximum Gasteiger partial charge on any atom is 0.239 e. The second-order valence-electron chi connectivity index (χ2n) is 5.27. The van der Waals surface area contributed by atoms with Crippen LogP contribution >= 0.6 is 23.4 Å². The minimum absolute atomic E-state index is 0.118. The number of nitrogens with one attached hydrogen (secondary N) is 2. The second-order valence-corrected chi connectivity index (χ2v) is 6.82. The van der Waals surface area contributed by atoms with E-state index in [1.165, 1.54) is 0 Å². The number of anilines is 1. The van der Waals surface area contributed by atoms with Crippen LogP contribution in [0.1, 0.15) is 5.76 Å². The zero-order valence-electron chi connectivity index (χ0n) is 13.4. The van der Waals surface area contributed by atoms with Crippen LogP contribution in [0.2, 0.25) is 5.02 Å². The van der Waals surface area contributed by atoms with E-state index in [0.717, 1.165) is 21.2 Å². The molecule has 0 bridgehead atoms. The molecule has 4 nitrogen and oxygen atoms in total. The molecule has 0 aliphatic rings. The molecule has 3 aromatic rings. The van der Waals surface area contributed by atoms with Crippen molar-refractivity contribution in [3.63, 3.8) is 0 Å². The van der Waals surface area contributed by atoms with Crippen molar-refractivity contribution in [3.05, 3.63) is 77.7 Å². The van der Waals surface area contributed by atoms with Gasteiger partial charge in [0.2, 0.25) is 5.91 Å². The number of rotatable bonds is 7. The van der Waals surface area contributed by atoms with Gasteiger partial charge in [0.25, 0.3) is 0 Å². The molecule has 6 heteroatoms. The summed E-state index contributed by atoms with van der Waals surface area (Å²) >= 11 is 7.72. The predicted octanol–water partition coefficient (Wildman–Crippen LogP) is 4.81. The first-order valence-corrected chi connectivity index (χ1v) is 8.95. The lowest BCUT2D eigenvalue weighted by molar-refractivity contribution is -0.119. The van der Waals surface area contributed by atoms with Crippen molar-refractivity contribution < 1.29 is 9.21 Å². The van der Waals surface area contributed by atoms with Gasteiger partial charge in [0.05, 0.1) is 25.0 Å². The van der Waals surface area contributed by atoms with Gasteiger partial charge in [-0.3, -0.25) is 4.79 Å². The molecular weight excluding hydrogens is 356 g/mol. The van der Waals surface area contributed by atoms with E-state index < -0.39 is 0 Å². The van der Waals surface area contributed by atoms with Crippen molar-refractivity contribution >= 4 is 35.0 Å². The number of hydrogen-bond acceptors (Lipinski definition) is 4. The molecule has 1 amide bonds. The van der Waals surface area contributed by atoms with Crippen LogP contribution in [-0.4, -0.2) is 12.5 Å². The number of carbonyl (C=O) groups is 1. The van der Waals surface area contributed by atoms with Gasteiger partial charge in [-0.1, -0.05) is 41.6 Å². The van der Waals surface area contributed by atoms with E-state index in [1.807, 2.05) is 54.6 Å². The van der Waals surface area contributed by atoms with Crippen LogP contribution in [0.15, 0.2) is 81.1 Å². The van der Waals surface area contributed by atoms with Crippen LogP contribution in [0.25, 0.3) is 0 Å². The van der Waals surface area contributed by atoms with Crippen molar-refractivity contribution in [3.8, 4) is 0 Å². The Balaban J connectivity index is 1.61. The standard InChI is InChI=1S/C19H17ClN2O2S/c20-14-8-9-18(25-16-6-2-1-3-7-16)17(11-14)21-13-19(23)22-12-15-5-4-10-24-15/h1-11,21H,12-13H2,(H,22,23). The van der Waals surface area contributed by atoms with Crippen LogP contribution in [0.5, 0.6) is 0 Å². The van der Waals surface area contributed by atoms with Crippen molar-refractivity contribution in [1.29, 1.82) is 0 Å². The molecule has 0 fully saturated rings. The van der Waals surface area contributed by atoms with E-state index in [2.05, 4.69) is 10.6 Å². The normalized spacial score (nSPS) is 10.4. The van der Waals surface area contributed by atoms with E-state index >= 15 is 0 Å². The van der Waals surface area contributed by atoms with E-state index in [-0.39, 0.29) is 12.5 Å². The van der Waals surface area contributed by atoms with Crippen molar-refractivity contribution in [2.45, 2.75) is 16.3 Å². The molecule has 0 saturated carbocycles. The fourth-order valence-corrected chi connectivity index (χ4v) is 3.28. The third kappa shape index (κ3) is 5.31. The van der Waals surface area contributed by atoms with Crippen LogP contribution in [-0.2, 0) is 11.3 Å². The Labute approximate surface area is 155 Å². The molecule has 0 saturated heterocycles. The summed E-state index contributed by atoms with van der Waals surface area (Å²) in [6.45, 7) is 0.526. The number of amides is 1. The van der Waals surface area contributed by atoms with Gasteiger partial charge in [-0.05, 0) is 42.5 Å². The van der Waals surface area contributed by atoms with Crippen LogP contribution in [0.4, 0.5) is 5.69 Å². The highest BCUT2D eigenvalue weighted by Crippen LogP contribution is 2.34. The van der Waals surface area contributed by atoms with Gasteiger partial charge in [-0.15, -0.1) is 0 Å². The molecule has 0 atom stereocenters. The molecule has 2 N–H and O–H groups in total. The Kier molecular flexibility index (Phi) is 6.04. The summed E-state index contributed by atoms with van der Waals surface area (Å²) in [6.07, 6.45) is 1.58. The average molecular weight is 373 g/mol. The molecule has 0 radical (unpaired) electrons. The maximum atomic E-state index is 12.0. The summed E-state index contributed by atoms with van der Waals surface area (Å²) in [5, 5.41) is 6.58. The van der Waals surface area contributed by atoms with Crippen LogP contribution in [0.3, 0.4) is 0 Å². The fraction of sp³-hybridized carbons (Fsp3) is 0.105. The smallest absolute Gasteiger partial charge is 0.239 e. The molecule has 0 spiro atoms. The third-order valence-corrected chi connectivity index (χ3v) is 4.71. The zero-order chi connectivity index (χ0) is 17.5. The van der Waals surface area contributed by atoms with Gasteiger partial charge in [0.1, 0.15) is 5.76 Å². The zero-order valence-corrected chi connectivity index (χ0v) is 14.9. The van der Waals surface area contributed by atoms with Crippen molar-refractivity contribution in [1.82, 2.24) is 5.32 Å². The molecule has 2 aromatic carbocycles. The van der Waals surface area contributed by atoms with E-state index in [9.17, 15) is 4.79 Å². The summed E-state index contributed by atoms with van der Waals surface area (Å²) in [5.74, 6) is 0.600. The fourth-order valence-electron chi connectivity index (χ4n) is 2.18. The Morgan fingerprint density at radius 3 is 2.68 bits per heavy atom. The van der Waals surface area contributed by atoms with Crippen molar-refractivity contribution in [2.24, 2.45) is 0 Å². The molecule has 0 aliphatic carbocycles. The predicted molar refractivity (Wildman–Crippen MR) is 101 cm³/mol. The molecular formula is C19H17ClN2O2S. The number of benzene rings is 2. The maximum absolute atomic E-state index is 12.0. The second kappa shape index (κ2) is 8.65. The monoisotopic (exact) mass is 372 g/mol. The number of furan rings is 1. The van der Waals surface area contributed by atoms with Crippen LogP contribution < -0.4 is 10.6 Å². The largest absolute Gasteiger partial charge is 0.467 e. The first-order chi connectivity index (χ1) is 12.2. The first kappa shape index (κ1) is 17.5. The summed E-state index contributed by atoms with van der Waals surface area (Å²) in [7, 11) is 0. The third-order valence-electron chi connectivity index (χ3n) is 3.39. The molecule has 3 rings (SSSR count). The molecule has 0 unspecified atom stereocenters. The van der Waals surface area contributed by atoms with Crippen molar-refractivity contribution in [2.75, 3.05) is 11.9 Å². The van der Waals surface area contributed by atoms with E-state index in [0.29, 0.717) is 11.6 Å². The van der Waals surface area contributed by atoms with Gasteiger partial charge in [0, 0.05) is 14.8 Å². The molecule has 1 aromatic heterocycles. The lowest BCUT2D eigenvalue weighted by atomic mass is 10.3. The average Bonchev–Trinajstić information content (AvgIpc) is 3.14. The van der Waals surface area contributed by atoms with Gasteiger partial charge < -0.3 is 15.1 Å². The lowest BCUT2D eigenvalue weighted by Gasteiger charge is -2.12. The quantitative estimate of drug-likeness (QED) is 0.624. The molecule has 128 valence electrons. The van der Waals surface area contributed by atoms with Gasteiger partial charge in [0.15, 0.2) is 0 Å². The van der Waals surface area contributed by atoms with E-state index in [4.69, 9.17) is 16.0 Å². The molecule has 25 heavy (non-hydrogen) atoms. The SMILES string of the molecule is O=C(CNc1cc(Cl)ccc1Sc1ccccc1)NCc1ccco1. The van der Waals surface area contributed by atoms with Crippen LogP contribution in [0, 0.1) is 0 Å². The highest BCUT2D eigenvalue weighted by molar-refractivity contribution is 7.99. The Morgan fingerprint density at radius 1 is 1.08 bits per heavy atom. The summed E-state index contributed by atoms with van der Waals surface area (Å²) in [5.41, 5.74) is 0.828. The number of carbonyl (C=O) groups excluding carboxylic acids is 1. The molecule has 1 heterocycles. The summed E-state index contributed by atoms with van der Waals surface area (Å²) in [4.78, 5) is 14.1. The van der Waals surface area contributed by atoms with Gasteiger partial charge >= 0.3 is 0 Å². The number of halogens is 1. The Morgan fingerprint density at radius 2 is 1.92 bits per heavy atom. The Hall–Kier alpha value is -2.37. The summed E-state index contributed by atoms with van der Waals surface area (Å²) in [6, 6.07) is 19.3. The minimum Gasteiger partial charge on any atom is -0.467 e. The minimum atomic E-state index is -0.118. The summed E-state index contributed by atoms with van der Waals surface area (Å²) < 4.78 is 5.19. The van der Waals surface area contributed by atoms with E-state index in [1.54, 1.807) is 24.1 Å². The Bertz CT molecular complexity index is 823. The highest BCUT2D eigenvalue weighted by atomic mass is 35.5. The number of hydrogen-bond donors (Lipinski definition) is 2. The lowest BCUT2D eigenvalue weighted by Crippen LogP contribution is -2.29. The van der Waals surface area contributed by atoms with Gasteiger partial charge in [-0.25, -0.2) is 0 Å².